The first-order valence-corrected chi connectivity index (χ1v) is 9.53. The standard InChI is InChI=1S/C26H16N2O2/c27-16-17-8-10-19(11-9-17)25-15-23-22-7-2-1-4-18(22)12-13-24(23)28(25)21-6-3-5-20(14-21)26(29)30/h1-15H,(H,29,30). The molecule has 142 valence electrons. The Hall–Kier alpha value is -4.36. The molecule has 0 aliphatic heterocycles. The number of fused-ring (bicyclic) bond motifs is 3. The van der Waals surface area contributed by atoms with Crippen LogP contribution in [0.5, 0.6) is 0 Å². The summed E-state index contributed by atoms with van der Waals surface area (Å²) in [5.41, 5.74) is 4.50. The van der Waals surface area contributed by atoms with Crippen molar-refractivity contribution in [2.75, 3.05) is 0 Å². The Kier molecular flexibility index (Phi) is 4.08. The fourth-order valence-electron chi connectivity index (χ4n) is 3.95. The smallest absolute Gasteiger partial charge is 0.335 e. The summed E-state index contributed by atoms with van der Waals surface area (Å²) in [6.07, 6.45) is 0. The maximum absolute atomic E-state index is 11.5. The molecule has 4 aromatic carbocycles. The van der Waals surface area contributed by atoms with E-state index in [0.29, 0.717) is 5.56 Å². The summed E-state index contributed by atoms with van der Waals surface area (Å²) in [5.74, 6) is -0.960. The minimum absolute atomic E-state index is 0.237. The molecule has 0 aliphatic rings. The average molecular weight is 388 g/mol. The lowest BCUT2D eigenvalue weighted by Gasteiger charge is -2.12. The Labute approximate surface area is 172 Å². The molecule has 0 saturated heterocycles. The Balaban J connectivity index is 1.86. The summed E-state index contributed by atoms with van der Waals surface area (Å²) in [6, 6.07) is 31.0. The van der Waals surface area contributed by atoms with Crippen LogP contribution in [0.2, 0.25) is 0 Å². The maximum Gasteiger partial charge on any atom is 0.335 e. The number of nitriles is 1. The third-order valence-corrected chi connectivity index (χ3v) is 5.37. The number of carboxylic acid groups (broad SMARTS) is 1. The average Bonchev–Trinajstić information content (AvgIpc) is 3.19. The fraction of sp³-hybridized carbons (Fsp3) is 0. The monoisotopic (exact) mass is 388 g/mol. The number of carboxylic acids is 1. The molecule has 4 nitrogen and oxygen atoms in total. The molecule has 5 aromatic rings. The van der Waals surface area contributed by atoms with Gasteiger partial charge in [-0.25, -0.2) is 4.79 Å². The molecular formula is C26H16N2O2. The van der Waals surface area contributed by atoms with Gasteiger partial charge in [0.15, 0.2) is 0 Å². The van der Waals surface area contributed by atoms with Crippen LogP contribution in [0.25, 0.3) is 38.6 Å². The van der Waals surface area contributed by atoms with Crippen molar-refractivity contribution >= 4 is 27.6 Å². The molecule has 0 unspecified atom stereocenters. The van der Waals surface area contributed by atoms with E-state index in [9.17, 15) is 9.90 Å². The molecule has 0 radical (unpaired) electrons. The highest BCUT2D eigenvalue weighted by Gasteiger charge is 2.15. The van der Waals surface area contributed by atoms with Gasteiger partial charge in [-0.15, -0.1) is 0 Å². The largest absolute Gasteiger partial charge is 0.478 e. The van der Waals surface area contributed by atoms with Gasteiger partial charge in [-0.3, -0.25) is 0 Å². The second-order valence-corrected chi connectivity index (χ2v) is 7.13. The van der Waals surface area contributed by atoms with Gasteiger partial charge in [0.2, 0.25) is 0 Å². The Morgan fingerprint density at radius 2 is 1.63 bits per heavy atom. The van der Waals surface area contributed by atoms with Crippen molar-refractivity contribution in [3.63, 3.8) is 0 Å². The van der Waals surface area contributed by atoms with Crippen molar-refractivity contribution in [3.05, 3.63) is 102 Å². The number of aromatic nitrogens is 1. The Bertz CT molecular complexity index is 1470. The predicted molar refractivity (Wildman–Crippen MR) is 118 cm³/mol. The second-order valence-electron chi connectivity index (χ2n) is 7.13. The normalized spacial score (nSPS) is 10.9. The van der Waals surface area contributed by atoms with E-state index in [1.54, 1.807) is 30.3 Å². The van der Waals surface area contributed by atoms with E-state index in [1.165, 1.54) is 0 Å². The molecule has 4 heteroatoms. The highest BCUT2D eigenvalue weighted by atomic mass is 16.4. The molecule has 1 heterocycles. The van der Waals surface area contributed by atoms with E-state index in [1.807, 2.05) is 30.3 Å². The van der Waals surface area contributed by atoms with Crippen LogP contribution in [-0.2, 0) is 0 Å². The molecule has 0 atom stereocenters. The quantitative estimate of drug-likeness (QED) is 0.411. The number of benzene rings is 4. The van der Waals surface area contributed by atoms with Crippen LogP contribution in [0.4, 0.5) is 0 Å². The van der Waals surface area contributed by atoms with Crippen molar-refractivity contribution < 1.29 is 9.90 Å². The highest BCUT2D eigenvalue weighted by Crippen LogP contribution is 2.35. The molecule has 0 amide bonds. The molecule has 0 aliphatic carbocycles. The summed E-state index contributed by atoms with van der Waals surface area (Å²) < 4.78 is 2.08. The van der Waals surface area contributed by atoms with Gasteiger partial charge in [-0.2, -0.15) is 5.26 Å². The highest BCUT2D eigenvalue weighted by molar-refractivity contribution is 6.09. The van der Waals surface area contributed by atoms with Gasteiger partial charge in [0.1, 0.15) is 0 Å². The lowest BCUT2D eigenvalue weighted by atomic mass is 10.1. The van der Waals surface area contributed by atoms with E-state index in [2.05, 4.69) is 41.0 Å². The summed E-state index contributed by atoms with van der Waals surface area (Å²) in [5, 5.41) is 22.0. The van der Waals surface area contributed by atoms with E-state index < -0.39 is 5.97 Å². The zero-order chi connectivity index (χ0) is 20.7. The number of nitrogens with zero attached hydrogens (tertiary/aromatic N) is 2. The van der Waals surface area contributed by atoms with Crippen LogP contribution in [0, 0.1) is 11.3 Å². The zero-order valence-electron chi connectivity index (χ0n) is 15.9. The van der Waals surface area contributed by atoms with Crippen molar-refractivity contribution in [2.24, 2.45) is 0 Å². The predicted octanol–water partition coefficient (Wildman–Crippen LogP) is 6.02. The molecule has 1 aromatic heterocycles. The second kappa shape index (κ2) is 6.91. The molecular weight excluding hydrogens is 372 g/mol. The molecule has 0 spiro atoms. The lowest BCUT2D eigenvalue weighted by Crippen LogP contribution is -2.01. The first-order valence-electron chi connectivity index (χ1n) is 9.53. The topological polar surface area (TPSA) is 66.0 Å². The van der Waals surface area contributed by atoms with Gasteiger partial charge >= 0.3 is 5.97 Å². The third-order valence-electron chi connectivity index (χ3n) is 5.37. The lowest BCUT2D eigenvalue weighted by molar-refractivity contribution is 0.0697. The van der Waals surface area contributed by atoms with Crippen molar-refractivity contribution in [3.8, 4) is 23.0 Å². The van der Waals surface area contributed by atoms with Crippen LogP contribution in [0.1, 0.15) is 15.9 Å². The maximum atomic E-state index is 11.5. The Morgan fingerprint density at radius 1 is 0.833 bits per heavy atom. The summed E-state index contributed by atoms with van der Waals surface area (Å²) in [7, 11) is 0. The number of aromatic carboxylic acids is 1. The summed E-state index contributed by atoms with van der Waals surface area (Å²) in [4.78, 5) is 11.5. The van der Waals surface area contributed by atoms with E-state index in [-0.39, 0.29) is 5.56 Å². The van der Waals surface area contributed by atoms with Gasteiger partial charge in [0.25, 0.3) is 0 Å². The number of hydrogen-bond donors (Lipinski definition) is 1. The molecule has 0 saturated carbocycles. The number of carbonyl (C=O) groups is 1. The van der Waals surface area contributed by atoms with Crippen molar-refractivity contribution in [1.82, 2.24) is 4.57 Å². The van der Waals surface area contributed by atoms with Gasteiger partial charge in [0.05, 0.1) is 28.4 Å². The van der Waals surface area contributed by atoms with Crippen LogP contribution in [0.3, 0.4) is 0 Å². The minimum Gasteiger partial charge on any atom is -0.478 e. The third kappa shape index (κ3) is 2.81. The van der Waals surface area contributed by atoms with Crippen LogP contribution < -0.4 is 0 Å². The van der Waals surface area contributed by atoms with Gasteiger partial charge in [0, 0.05) is 11.1 Å². The Morgan fingerprint density at radius 3 is 2.40 bits per heavy atom. The first kappa shape index (κ1) is 17.7. The van der Waals surface area contributed by atoms with Crippen molar-refractivity contribution in [1.29, 1.82) is 5.26 Å². The van der Waals surface area contributed by atoms with E-state index in [0.717, 1.165) is 38.6 Å². The number of hydrogen-bond acceptors (Lipinski definition) is 2. The zero-order valence-corrected chi connectivity index (χ0v) is 15.9. The summed E-state index contributed by atoms with van der Waals surface area (Å²) in [6.45, 7) is 0. The SMILES string of the molecule is N#Cc1ccc(-c2cc3c4ccccc4ccc3n2-c2cccc(C(=O)O)c2)cc1. The molecule has 0 bridgehead atoms. The number of rotatable bonds is 3. The molecule has 1 N–H and O–H groups in total. The fourth-order valence-corrected chi connectivity index (χ4v) is 3.95. The van der Waals surface area contributed by atoms with Gasteiger partial charge in [-0.1, -0.05) is 48.5 Å². The van der Waals surface area contributed by atoms with Crippen LogP contribution in [0.15, 0.2) is 91.0 Å². The molecule has 30 heavy (non-hydrogen) atoms. The first-order chi connectivity index (χ1) is 14.7. The van der Waals surface area contributed by atoms with Crippen molar-refractivity contribution in [2.45, 2.75) is 0 Å². The van der Waals surface area contributed by atoms with Gasteiger partial charge < -0.3 is 9.67 Å². The molecule has 5 rings (SSSR count). The minimum atomic E-state index is -0.960. The van der Waals surface area contributed by atoms with Gasteiger partial charge in [-0.05, 0) is 58.8 Å². The van der Waals surface area contributed by atoms with E-state index >= 15 is 0 Å². The van der Waals surface area contributed by atoms with Crippen LogP contribution in [-0.4, -0.2) is 15.6 Å². The summed E-state index contributed by atoms with van der Waals surface area (Å²) >= 11 is 0. The van der Waals surface area contributed by atoms with E-state index in [4.69, 9.17) is 5.26 Å². The van der Waals surface area contributed by atoms with Crippen LogP contribution >= 0.6 is 0 Å². The molecule has 0 fully saturated rings.